The highest BCUT2D eigenvalue weighted by Gasteiger charge is 2.02. The van der Waals surface area contributed by atoms with Crippen LogP contribution in [0.3, 0.4) is 0 Å². The highest BCUT2D eigenvalue weighted by atomic mass is 15.1. The first kappa shape index (κ1) is 15.3. The van der Waals surface area contributed by atoms with E-state index in [0.29, 0.717) is 5.95 Å². The molecule has 0 saturated carbocycles. The summed E-state index contributed by atoms with van der Waals surface area (Å²) in [6.07, 6.45) is 2.29. The van der Waals surface area contributed by atoms with Gasteiger partial charge in [-0.2, -0.15) is 4.98 Å². The highest BCUT2D eigenvalue weighted by Crippen LogP contribution is 2.12. The summed E-state index contributed by atoms with van der Waals surface area (Å²) in [4.78, 5) is 8.92. The van der Waals surface area contributed by atoms with Gasteiger partial charge in [-0.3, -0.25) is 0 Å². The van der Waals surface area contributed by atoms with E-state index in [1.807, 2.05) is 13.0 Å². The average molecular weight is 284 g/mol. The quantitative estimate of drug-likeness (QED) is 0.757. The zero-order chi connectivity index (χ0) is 15.1. The highest BCUT2D eigenvalue weighted by molar-refractivity contribution is 5.42. The maximum absolute atomic E-state index is 4.51. The molecule has 0 radical (unpaired) electrons. The van der Waals surface area contributed by atoms with Gasteiger partial charge in [-0.15, -0.1) is 0 Å². The van der Waals surface area contributed by atoms with Crippen LogP contribution in [-0.4, -0.2) is 16.5 Å². The van der Waals surface area contributed by atoms with Crippen molar-refractivity contribution in [3.63, 3.8) is 0 Å². The van der Waals surface area contributed by atoms with Crippen LogP contribution in [-0.2, 0) is 6.54 Å². The molecule has 2 aromatic rings. The van der Waals surface area contributed by atoms with E-state index in [0.717, 1.165) is 37.4 Å². The van der Waals surface area contributed by atoms with Gasteiger partial charge >= 0.3 is 0 Å². The molecule has 0 bridgehead atoms. The molecule has 0 saturated heterocycles. The molecule has 0 atom stereocenters. The van der Waals surface area contributed by atoms with Gasteiger partial charge in [-0.1, -0.05) is 43.2 Å². The van der Waals surface area contributed by atoms with Crippen LogP contribution in [0.4, 0.5) is 11.8 Å². The van der Waals surface area contributed by atoms with E-state index in [1.165, 1.54) is 11.1 Å². The second-order valence-electron chi connectivity index (χ2n) is 5.34. The number of nitrogens with zero attached hydrogens (tertiary/aromatic N) is 2. The molecule has 0 spiro atoms. The van der Waals surface area contributed by atoms with Crippen LogP contribution >= 0.6 is 0 Å². The maximum Gasteiger partial charge on any atom is 0.224 e. The molecule has 0 aliphatic heterocycles. The Morgan fingerprint density at radius 3 is 2.67 bits per heavy atom. The Kier molecular flexibility index (Phi) is 5.55. The van der Waals surface area contributed by atoms with Crippen LogP contribution in [0, 0.1) is 13.8 Å². The molecule has 0 amide bonds. The Balaban J connectivity index is 1.99. The van der Waals surface area contributed by atoms with Gasteiger partial charge in [0.15, 0.2) is 0 Å². The van der Waals surface area contributed by atoms with E-state index in [-0.39, 0.29) is 0 Å². The summed E-state index contributed by atoms with van der Waals surface area (Å²) in [5.74, 6) is 1.57. The van der Waals surface area contributed by atoms with Gasteiger partial charge in [0.05, 0.1) is 0 Å². The molecule has 4 heteroatoms. The molecular weight excluding hydrogens is 260 g/mol. The third-order valence-electron chi connectivity index (χ3n) is 3.22. The fourth-order valence-corrected chi connectivity index (χ4v) is 2.13. The van der Waals surface area contributed by atoms with Crippen LogP contribution in [0.15, 0.2) is 30.3 Å². The number of benzene rings is 1. The lowest BCUT2D eigenvalue weighted by atomic mass is 10.1. The normalized spacial score (nSPS) is 10.4. The van der Waals surface area contributed by atoms with Gasteiger partial charge in [0.1, 0.15) is 5.82 Å². The summed E-state index contributed by atoms with van der Waals surface area (Å²) in [5, 5.41) is 6.64. The van der Waals surface area contributed by atoms with Crippen LogP contribution in [0.2, 0.25) is 0 Å². The number of nitrogens with one attached hydrogen (secondary N) is 2. The summed E-state index contributed by atoms with van der Waals surface area (Å²) >= 11 is 0. The van der Waals surface area contributed by atoms with Crippen molar-refractivity contribution in [3.05, 3.63) is 47.2 Å². The van der Waals surface area contributed by atoms with Crippen molar-refractivity contribution < 1.29 is 0 Å². The fraction of sp³-hybridized carbons (Fsp3) is 0.412. The van der Waals surface area contributed by atoms with E-state index in [9.17, 15) is 0 Å². The third kappa shape index (κ3) is 5.06. The van der Waals surface area contributed by atoms with Crippen LogP contribution < -0.4 is 10.6 Å². The number of anilines is 2. The number of unbranched alkanes of at least 4 members (excludes halogenated alkanes) is 1. The molecule has 1 aromatic carbocycles. The monoisotopic (exact) mass is 284 g/mol. The van der Waals surface area contributed by atoms with Gasteiger partial charge in [-0.25, -0.2) is 4.98 Å². The maximum atomic E-state index is 4.51. The zero-order valence-electron chi connectivity index (χ0n) is 13.1. The molecule has 0 aliphatic carbocycles. The van der Waals surface area contributed by atoms with Gasteiger partial charge in [0.2, 0.25) is 5.95 Å². The van der Waals surface area contributed by atoms with Crippen molar-refractivity contribution in [2.24, 2.45) is 0 Å². The van der Waals surface area contributed by atoms with E-state index in [4.69, 9.17) is 0 Å². The second-order valence-corrected chi connectivity index (χ2v) is 5.34. The summed E-state index contributed by atoms with van der Waals surface area (Å²) in [7, 11) is 0. The molecule has 1 aromatic heterocycles. The van der Waals surface area contributed by atoms with Gasteiger partial charge in [0, 0.05) is 24.8 Å². The predicted octanol–water partition coefficient (Wildman–Crippen LogP) is 3.92. The largest absolute Gasteiger partial charge is 0.366 e. The Hall–Kier alpha value is -2.10. The van der Waals surface area contributed by atoms with Gasteiger partial charge in [0.25, 0.3) is 0 Å². The van der Waals surface area contributed by atoms with Crippen molar-refractivity contribution in [2.45, 2.75) is 40.2 Å². The molecule has 0 fully saturated rings. The lowest BCUT2D eigenvalue weighted by Gasteiger charge is -2.10. The Morgan fingerprint density at radius 2 is 1.90 bits per heavy atom. The zero-order valence-corrected chi connectivity index (χ0v) is 13.1. The van der Waals surface area contributed by atoms with Gasteiger partial charge in [-0.05, 0) is 25.8 Å². The number of aromatic nitrogens is 2. The third-order valence-corrected chi connectivity index (χ3v) is 3.22. The van der Waals surface area contributed by atoms with Crippen molar-refractivity contribution >= 4 is 11.8 Å². The molecule has 21 heavy (non-hydrogen) atoms. The summed E-state index contributed by atoms with van der Waals surface area (Å²) in [5.41, 5.74) is 3.50. The van der Waals surface area contributed by atoms with Gasteiger partial charge < -0.3 is 10.6 Å². The summed E-state index contributed by atoms with van der Waals surface area (Å²) in [6.45, 7) is 7.95. The SMILES string of the molecule is CCCCNc1nc(C)cc(NCc2cccc(C)c2)n1. The molecule has 2 N–H and O–H groups in total. The Labute approximate surface area is 127 Å². The molecule has 2 rings (SSSR count). The molecule has 0 aliphatic rings. The van der Waals surface area contributed by atoms with Crippen molar-refractivity contribution in [1.29, 1.82) is 0 Å². The fourth-order valence-electron chi connectivity index (χ4n) is 2.13. The number of hydrogen-bond acceptors (Lipinski definition) is 4. The summed E-state index contributed by atoms with van der Waals surface area (Å²) in [6, 6.07) is 10.5. The van der Waals surface area contributed by atoms with E-state index in [1.54, 1.807) is 0 Å². The van der Waals surface area contributed by atoms with E-state index in [2.05, 4.69) is 58.7 Å². The van der Waals surface area contributed by atoms with Crippen LogP contribution in [0.5, 0.6) is 0 Å². The minimum atomic E-state index is 0.704. The smallest absolute Gasteiger partial charge is 0.224 e. The average Bonchev–Trinajstić information content (AvgIpc) is 2.45. The molecule has 0 unspecified atom stereocenters. The first-order valence-electron chi connectivity index (χ1n) is 7.56. The van der Waals surface area contributed by atoms with Crippen molar-refractivity contribution in [3.8, 4) is 0 Å². The topological polar surface area (TPSA) is 49.8 Å². The molecular formula is C17H24N4. The number of aryl methyl sites for hydroxylation is 2. The minimum Gasteiger partial charge on any atom is -0.366 e. The molecule has 4 nitrogen and oxygen atoms in total. The van der Waals surface area contributed by atoms with Crippen LogP contribution in [0.25, 0.3) is 0 Å². The van der Waals surface area contributed by atoms with Crippen LogP contribution in [0.1, 0.15) is 36.6 Å². The molecule has 112 valence electrons. The Morgan fingerprint density at radius 1 is 1.05 bits per heavy atom. The minimum absolute atomic E-state index is 0.704. The first-order valence-corrected chi connectivity index (χ1v) is 7.56. The van der Waals surface area contributed by atoms with Crippen molar-refractivity contribution in [2.75, 3.05) is 17.2 Å². The number of rotatable bonds is 7. The lowest BCUT2D eigenvalue weighted by Crippen LogP contribution is -2.09. The Bertz CT molecular complexity index is 581. The van der Waals surface area contributed by atoms with E-state index >= 15 is 0 Å². The van der Waals surface area contributed by atoms with Crippen molar-refractivity contribution in [1.82, 2.24) is 9.97 Å². The standard InChI is InChI=1S/C17H24N4/c1-4-5-9-18-17-20-14(3)11-16(21-17)19-12-15-8-6-7-13(2)10-15/h6-8,10-11H,4-5,9,12H2,1-3H3,(H2,18,19,20,21). The second kappa shape index (κ2) is 7.62. The van der Waals surface area contributed by atoms with E-state index < -0.39 is 0 Å². The summed E-state index contributed by atoms with van der Waals surface area (Å²) < 4.78 is 0. The lowest BCUT2D eigenvalue weighted by molar-refractivity contribution is 0.825. The molecule has 1 heterocycles. The number of hydrogen-bond donors (Lipinski definition) is 2. The first-order chi connectivity index (χ1) is 10.2. The predicted molar refractivity (Wildman–Crippen MR) is 88.7 cm³/mol.